The van der Waals surface area contributed by atoms with Gasteiger partial charge in [0.05, 0.1) is 17.3 Å². The summed E-state index contributed by atoms with van der Waals surface area (Å²) in [7, 11) is 0. The Kier molecular flexibility index (Phi) is 6.25. The van der Waals surface area contributed by atoms with Crippen LogP contribution < -0.4 is 5.56 Å². The monoisotopic (exact) mass is 466 g/mol. The average molecular weight is 467 g/mol. The van der Waals surface area contributed by atoms with Gasteiger partial charge in [0, 0.05) is 23.7 Å². The first-order chi connectivity index (χ1) is 15.7. The van der Waals surface area contributed by atoms with Crippen LogP contribution in [0.15, 0.2) is 64.7 Å². The van der Waals surface area contributed by atoms with E-state index < -0.39 is 0 Å². The topological polar surface area (TPSA) is 68.3 Å². The minimum Gasteiger partial charge on any atom is -0.296 e. The van der Waals surface area contributed by atoms with E-state index in [9.17, 15) is 4.79 Å². The van der Waals surface area contributed by atoms with Gasteiger partial charge in [-0.15, -0.1) is 10.2 Å². The molecule has 7 nitrogen and oxygen atoms in total. The van der Waals surface area contributed by atoms with Gasteiger partial charge in [-0.3, -0.25) is 18.7 Å². The standard InChI is InChI=1S/C23H23ClN6OS/c24-17-9-10-20-25-18(13-22(31)29(20)14-17)16-32-23-27-26-21(15-28-11-5-2-6-12-28)30(23)19-7-3-1-4-8-19/h1,3-4,7-10,13-14H,2,5-6,11-12,15-16H2. The molecule has 0 saturated carbocycles. The van der Waals surface area contributed by atoms with Crippen molar-refractivity contribution in [2.75, 3.05) is 13.1 Å². The number of para-hydroxylation sites is 1. The Bertz CT molecular complexity index is 1280. The maximum Gasteiger partial charge on any atom is 0.258 e. The molecule has 4 aromatic rings. The second kappa shape index (κ2) is 9.44. The van der Waals surface area contributed by atoms with Crippen LogP contribution in [0.2, 0.25) is 5.02 Å². The van der Waals surface area contributed by atoms with Gasteiger partial charge in [-0.1, -0.05) is 48.0 Å². The first kappa shape index (κ1) is 21.2. The highest BCUT2D eigenvalue weighted by molar-refractivity contribution is 7.98. The van der Waals surface area contributed by atoms with Crippen LogP contribution in [-0.2, 0) is 12.3 Å². The fourth-order valence-corrected chi connectivity index (χ4v) is 5.01. The Hall–Kier alpha value is -2.68. The number of fused-ring (bicyclic) bond motifs is 1. The van der Waals surface area contributed by atoms with Gasteiger partial charge in [-0.05, 0) is 50.2 Å². The summed E-state index contributed by atoms with van der Waals surface area (Å²) in [4.78, 5) is 19.5. The molecular formula is C23H23ClN6OS. The SMILES string of the molecule is O=c1cc(CSc2nnc(CN3CCCCC3)n2-c2ccccc2)nc2ccc(Cl)cn12. The van der Waals surface area contributed by atoms with Crippen LogP contribution >= 0.6 is 23.4 Å². The van der Waals surface area contributed by atoms with Crippen LogP contribution in [0, 0.1) is 0 Å². The molecule has 0 unspecified atom stereocenters. The zero-order chi connectivity index (χ0) is 21.9. The summed E-state index contributed by atoms with van der Waals surface area (Å²) in [6, 6.07) is 15.2. The molecule has 0 amide bonds. The third-order valence-corrected chi connectivity index (χ3v) is 6.74. The van der Waals surface area contributed by atoms with E-state index in [2.05, 4.69) is 36.8 Å². The molecule has 0 radical (unpaired) electrons. The van der Waals surface area contributed by atoms with Crippen molar-refractivity contribution in [2.24, 2.45) is 0 Å². The second-order valence-corrected chi connectivity index (χ2v) is 9.24. The molecule has 9 heteroatoms. The number of hydrogen-bond donors (Lipinski definition) is 0. The molecule has 4 heterocycles. The summed E-state index contributed by atoms with van der Waals surface area (Å²) in [6.45, 7) is 2.97. The van der Waals surface area contributed by atoms with E-state index in [1.165, 1.54) is 35.4 Å². The normalized spacial score (nSPS) is 14.8. The predicted octanol–water partition coefficient (Wildman–Crippen LogP) is 4.21. The molecule has 1 aromatic carbocycles. The van der Waals surface area contributed by atoms with Gasteiger partial charge in [0.25, 0.3) is 5.56 Å². The zero-order valence-corrected chi connectivity index (χ0v) is 19.1. The Labute approximate surface area is 195 Å². The molecule has 0 spiro atoms. The van der Waals surface area contributed by atoms with Crippen LogP contribution in [0.5, 0.6) is 0 Å². The van der Waals surface area contributed by atoms with Crippen molar-refractivity contribution in [3.05, 3.63) is 81.6 Å². The average Bonchev–Trinajstić information content (AvgIpc) is 3.22. The Morgan fingerprint density at radius 2 is 1.81 bits per heavy atom. The molecule has 0 atom stereocenters. The van der Waals surface area contributed by atoms with Crippen LogP contribution in [-0.4, -0.2) is 42.1 Å². The summed E-state index contributed by atoms with van der Waals surface area (Å²) < 4.78 is 3.58. The van der Waals surface area contributed by atoms with Crippen molar-refractivity contribution < 1.29 is 0 Å². The molecule has 5 rings (SSSR count). The highest BCUT2D eigenvalue weighted by atomic mass is 35.5. The Morgan fingerprint density at radius 1 is 1.00 bits per heavy atom. The fraction of sp³-hybridized carbons (Fsp3) is 0.304. The summed E-state index contributed by atoms with van der Waals surface area (Å²) in [5.74, 6) is 1.45. The quantitative estimate of drug-likeness (QED) is 0.396. The summed E-state index contributed by atoms with van der Waals surface area (Å²) in [5.41, 5.74) is 2.16. The third kappa shape index (κ3) is 4.57. The number of likely N-dealkylation sites (tertiary alicyclic amines) is 1. The molecule has 1 aliphatic heterocycles. The van der Waals surface area contributed by atoms with E-state index >= 15 is 0 Å². The lowest BCUT2D eigenvalue weighted by molar-refractivity contribution is 0.214. The molecule has 0 bridgehead atoms. The predicted molar refractivity (Wildman–Crippen MR) is 127 cm³/mol. The van der Waals surface area contributed by atoms with Gasteiger partial charge in [-0.2, -0.15) is 0 Å². The molecule has 1 saturated heterocycles. The zero-order valence-electron chi connectivity index (χ0n) is 17.5. The van der Waals surface area contributed by atoms with Gasteiger partial charge < -0.3 is 0 Å². The van der Waals surface area contributed by atoms with Gasteiger partial charge in [0.2, 0.25) is 0 Å². The molecule has 1 fully saturated rings. The Balaban J connectivity index is 1.42. The smallest absolute Gasteiger partial charge is 0.258 e. The van der Waals surface area contributed by atoms with E-state index in [0.717, 1.165) is 36.3 Å². The second-order valence-electron chi connectivity index (χ2n) is 7.86. The van der Waals surface area contributed by atoms with Crippen molar-refractivity contribution in [3.63, 3.8) is 0 Å². The lowest BCUT2D eigenvalue weighted by atomic mass is 10.1. The number of hydrogen-bond acceptors (Lipinski definition) is 6. The minimum absolute atomic E-state index is 0.150. The van der Waals surface area contributed by atoms with E-state index in [1.807, 2.05) is 18.2 Å². The van der Waals surface area contributed by atoms with Crippen molar-refractivity contribution in [3.8, 4) is 5.69 Å². The number of pyridine rings is 1. The number of nitrogens with zero attached hydrogens (tertiary/aromatic N) is 6. The first-order valence-electron chi connectivity index (χ1n) is 10.7. The van der Waals surface area contributed by atoms with Gasteiger partial charge in [0.15, 0.2) is 11.0 Å². The fourth-order valence-electron chi connectivity index (χ4n) is 3.99. The van der Waals surface area contributed by atoms with E-state index in [1.54, 1.807) is 24.4 Å². The van der Waals surface area contributed by atoms with Gasteiger partial charge >= 0.3 is 0 Å². The van der Waals surface area contributed by atoms with E-state index in [-0.39, 0.29) is 5.56 Å². The molecular weight excluding hydrogens is 444 g/mol. The highest BCUT2D eigenvalue weighted by Gasteiger charge is 2.19. The molecule has 0 aliphatic carbocycles. The molecule has 1 aliphatic rings. The van der Waals surface area contributed by atoms with Crippen molar-refractivity contribution in [2.45, 2.75) is 36.7 Å². The molecule has 32 heavy (non-hydrogen) atoms. The van der Waals surface area contributed by atoms with E-state index in [4.69, 9.17) is 11.6 Å². The number of rotatable bonds is 6. The van der Waals surface area contributed by atoms with Crippen molar-refractivity contribution in [1.29, 1.82) is 0 Å². The first-order valence-corrected chi connectivity index (χ1v) is 12.1. The van der Waals surface area contributed by atoms with Crippen molar-refractivity contribution in [1.82, 2.24) is 29.0 Å². The van der Waals surface area contributed by atoms with E-state index in [0.29, 0.717) is 22.1 Å². The molecule has 0 N–H and O–H groups in total. The number of halogens is 1. The number of thioether (sulfide) groups is 1. The maximum atomic E-state index is 12.5. The molecule has 164 valence electrons. The Morgan fingerprint density at radius 3 is 2.62 bits per heavy atom. The summed E-state index contributed by atoms with van der Waals surface area (Å²) in [5, 5.41) is 10.3. The van der Waals surface area contributed by atoms with Crippen LogP contribution in [0.4, 0.5) is 0 Å². The highest BCUT2D eigenvalue weighted by Crippen LogP contribution is 2.26. The van der Waals surface area contributed by atoms with Crippen molar-refractivity contribution >= 4 is 29.0 Å². The van der Waals surface area contributed by atoms with Gasteiger partial charge in [-0.25, -0.2) is 4.98 Å². The van der Waals surface area contributed by atoms with Crippen LogP contribution in [0.3, 0.4) is 0 Å². The summed E-state index contributed by atoms with van der Waals surface area (Å²) >= 11 is 7.54. The van der Waals surface area contributed by atoms with Crippen LogP contribution in [0.1, 0.15) is 30.8 Å². The number of piperidine rings is 1. The summed E-state index contributed by atoms with van der Waals surface area (Å²) in [6.07, 6.45) is 5.35. The van der Waals surface area contributed by atoms with Crippen LogP contribution in [0.25, 0.3) is 11.3 Å². The largest absolute Gasteiger partial charge is 0.296 e. The maximum absolute atomic E-state index is 12.5. The molecule has 3 aromatic heterocycles. The van der Waals surface area contributed by atoms with Gasteiger partial charge in [0.1, 0.15) is 5.65 Å². The minimum atomic E-state index is -0.150. The number of benzene rings is 1. The lowest BCUT2D eigenvalue weighted by Gasteiger charge is -2.26. The number of aromatic nitrogens is 5. The lowest BCUT2D eigenvalue weighted by Crippen LogP contribution is -2.30. The third-order valence-electron chi connectivity index (χ3n) is 5.55.